The van der Waals surface area contributed by atoms with E-state index in [0.717, 1.165) is 40.1 Å². The van der Waals surface area contributed by atoms with Gasteiger partial charge in [0.25, 0.3) is 0 Å². The summed E-state index contributed by atoms with van der Waals surface area (Å²) in [7, 11) is 0. The number of hydrogen-bond donors (Lipinski definition) is 2. The lowest BCUT2D eigenvalue weighted by Gasteiger charge is -2.30. The Morgan fingerprint density at radius 1 is 1.14 bits per heavy atom. The third-order valence-electron chi connectivity index (χ3n) is 4.79. The van der Waals surface area contributed by atoms with Crippen LogP contribution in [-0.2, 0) is 22.5 Å². The van der Waals surface area contributed by atoms with Gasteiger partial charge >= 0.3 is 0 Å². The predicted octanol–water partition coefficient (Wildman–Crippen LogP) is 4.10. The normalized spacial score (nSPS) is 18.0. The quantitative estimate of drug-likeness (QED) is 0.711. The number of hydrazine groups is 1. The second-order valence-electron chi connectivity index (χ2n) is 6.83. The fraction of sp³-hybridized carbons (Fsp3) is 0.227. The summed E-state index contributed by atoms with van der Waals surface area (Å²) in [5.74, 6) is 0.968. The molecular weight excluding hydrogens is 418 g/mol. The smallest absolute Gasteiger partial charge is 0.228 e. The molecule has 4 rings (SSSR count). The van der Waals surface area contributed by atoms with Gasteiger partial charge in [-0.1, -0.05) is 42.5 Å². The summed E-state index contributed by atoms with van der Waals surface area (Å²) in [5.41, 5.74) is 6.36. The minimum Gasteiger partial charge on any atom is -0.494 e. The second kappa shape index (κ2) is 8.63. The Labute approximate surface area is 173 Å². The van der Waals surface area contributed by atoms with E-state index in [-0.39, 0.29) is 11.9 Å². The standard InChI is InChI=1S/C22H22BrN3O2/c23-19-9-11-26(20-10-12-28-22(19)20)24-15-17-7-4-8-18(13-17)25-21(27)14-16-5-2-1-3-6-16/h1-9,11,13,20,24H,10,12,14-15H2,(H,25,27). The Bertz CT molecular complexity index is 911. The Kier molecular flexibility index (Phi) is 5.78. The van der Waals surface area contributed by atoms with Crippen molar-refractivity contribution in [2.45, 2.75) is 25.4 Å². The summed E-state index contributed by atoms with van der Waals surface area (Å²) in [6.07, 6.45) is 5.34. The average molecular weight is 440 g/mol. The van der Waals surface area contributed by atoms with Gasteiger partial charge in [-0.15, -0.1) is 0 Å². The molecule has 1 amide bonds. The summed E-state index contributed by atoms with van der Waals surface area (Å²) in [4.78, 5) is 12.3. The number of anilines is 1. The molecule has 28 heavy (non-hydrogen) atoms. The lowest BCUT2D eigenvalue weighted by Crippen LogP contribution is -2.42. The van der Waals surface area contributed by atoms with Crippen molar-refractivity contribution in [2.75, 3.05) is 11.9 Å². The lowest BCUT2D eigenvalue weighted by molar-refractivity contribution is -0.115. The maximum Gasteiger partial charge on any atom is 0.228 e. The Morgan fingerprint density at radius 2 is 1.96 bits per heavy atom. The van der Waals surface area contributed by atoms with Gasteiger partial charge in [-0.3, -0.25) is 4.79 Å². The fourth-order valence-electron chi connectivity index (χ4n) is 3.42. The van der Waals surface area contributed by atoms with Crippen LogP contribution in [0.1, 0.15) is 17.5 Å². The van der Waals surface area contributed by atoms with Gasteiger partial charge < -0.3 is 15.1 Å². The molecule has 5 nitrogen and oxygen atoms in total. The highest BCUT2D eigenvalue weighted by molar-refractivity contribution is 9.11. The fourth-order valence-corrected chi connectivity index (χ4v) is 3.92. The highest BCUT2D eigenvalue weighted by Crippen LogP contribution is 2.32. The first-order valence-corrected chi connectivity index (χ1v) is 10.1. The maximum atomic E-state index is 12.3. The first kappa shape index (κ1) is 18.8. The molecule has 1 unspecified atom stereocenters. The molecule has 0 spiro atoms. The maximum absolute atomic E-state index is 12.3. The van der Waals surface area contributed by atoms with Crippen molar-refractivity contribution < 1.29 is 9.53 Å². The Morgan fingerprint density at radius 3 is 2.82 bits per heavy atom. The molecule has 2 N–H and O–H groups in total. The van der Waals surface area contributed by atoms with Gasteiger partial charge in [0.2, 0.25) is 5.91 Å². The van der Waals surface area contributed by atoms with Crippen molar-refractivity contribution in [2.24, 2.45) is 0 Å². The molecule has 0 radical (unpaired) electrons. The number of benzene rings is 2. The van der Waals surface area contributed by atoms with Crippen molar-refractivity contribution in [1.29, 1.82) is 0 Å². The van der Waals surface area contributed by atoms with Crippen molar-refractivity contribution in [3.05, 3.63) is 88.2 Å². The third-order valence-corrected chi connectivity index (χ3v) is 5.44. The largest absolute Gasteiger partial charge is 0.494 e. The van der Waals surface area contributed by atoms with Gasteiger partial charge in [0.05, 0.1) is 17.5 Å². The van der Waals surface area contributed by atoms with Crippen molar-refractivity contribution in [3.8, 4) is 0 Å². The van der Waals surface area contributed by atoms with E-state index in [1.807, 2.05) is 66.9 Å². The highest BCUT2D eigenvalue weighted by atomic mass is 79.9. The number of carbonyl (C=O) groups excluding carboxylic acids is 1. The zero-order chi connectivity index (χ0) is 19.3. The minimum absolute atomic E-state index is 0.0157. The van der Waals surface area contributed by atoms with Crippen molar-refractivity contribution in [1.82, 2.24) is 10.4 Å². The average Bonchev–Trinajstić information content (AvgIpc) is 3.19. The summed E-state index contributed by atoms with van der Waals surface area (Å²) in [6, 6.07) is 17.9. The van der Waals surface area contributed by atoms with Crippen LogP contribution in [0.5, 0.6) is 0 Å². The van der Waals surface area contributed by atoms with E-state index in [9.17, 15) is 4.79 Å². The minimum atomic E-state index is -0.0157. The van der Waals surface area contributed by atoms with Crippen LogP contribution in [-0.4, -0.2) is 23.6 Å². The number of nitrogens with one attached hydrogen (secondary N) is 2. The van der Waals surface area contributed by atoms with Gasteiger partial charge in [-0.25, -0.2) is 5.43 Å². The molecule has 2 heterocycles. The number of amides is 1. The Hall–Kier alpha value is -2.57. The first-order chi connectivity index (χ1) is 13.7. The van der Waals surface area contributed by atoms with Gasteiger partial charge in [-0.2, -0.15) is 0 Å². The van der Waals surface area contributed by atoms with E-state index in [2.05, 4.69) is 31.7 Å². The van der Waals surface area contributed by atoms with Crippen LogP contribution in [0, 0.1) is 0 Å². The molecule has 1 fully saturated rings. The molecule has 2 aliphatic rings. The SMILES string of the molecule is O=C(Cc1ccccc1)Nc1cccc(CNN2C=CC(Br)=C3OCCC32)c1. The van der Waals surface area contributed by atoms with E-state index in [4.69, 9.17) is 4.74 Å². The molecular formula is C22H22BrN3O2. The number of fused-ring (bicyclic) bond motifs is 1. The number of halogens is 1. The number of ether oxygens (including phenoxy) is 1. The van der Waals surface area contributed by atoms with Crippen molar-refractivity contribution >= 4 is 27.5 Å². The molecule has 2 aromatic rings. The van der Waals surface area contributed by atoms with Crippen LogP contribution in [0.15, 0.2) is 77.1 Å². The van der Waals surface area contributed by atoms with E-state index in [1.54, 1.807) is 0 Å². The molecule has 0 bridgehead atoms. The van der Waals surface area contributed by atoms with Crippen molar-refractivity contribution in [3.63, 3.8) is 0 Å². The topological polar surface area (TPSA) is 53.6 Å². The Balaban J connectivity index is 1.34. The summed E-state index contributed by atoms with van der Waals surface area (Å²) < 4.78 is 6.73. The predicted molar refractivity (Wildman–Crippen MR) is 113 cm³/mol. The van der Waals surface area contributed by atoms with Gasteiger partial charge in [0.1, 0.15) is 11.8 Å². The molecule has 6 heteroatoms. The highest BCUT2D eigenvalue weighted by Gasteiger charge is 2.31. The van der Waals surface area contributed by atoms with E-state index < -0.39 is 0 Å². The van der Waals surface area contributed by atoms with Crippen LogP contribution in [0.3, 0.4) is 0 Å². The van der Waals surface area contributed by atoms with Crippen LogP contribution in [0.4, 0.5) is 5.69 Å². The molecule has 144 valence electrons. The second-order valence-corrected chi connectivity index (χ2v) is 7.69. The molecule has 2 aromatic carbocycles. The van der Waals surface area contributed by atoms with Crippen LogP contribution >= 0.6 is 15.9 Å². The molecule has 0 saturated carbocycles. The molecule has 0 aromatic heterocycles. The summed E-state index contributed by atoms with van der Waals surface area (Å²) in [5, 5.41) is 5.07. The van der Waals surface area contributed by atoms with Crippen LogP contribution in [0.2, 0.25) is 0 Å². The van der Waals surface area contributed by atoms with E-state index in [0.29, 0.717) is 13.0 Å². The zero-order valence-corrected chi connectivity index (χ0v) is 17.0. The molecule has 1 atom stereocenters. The third kappa shape index (κ3) is 4.46. The van der Waals surface area contributed by atoms with Crippen LogP contribution in [0.25, 0.3) is 0 Å². The van der Waals surface area contributed by atoms with Gasteiger partial charge in [-0.05, 0) is 45.3 Å². The lowest BCUT2D eigenvalue weighted by atomic mass is 10.1. The zero-order valence-electron chi connectivity index (χ0n) is 15.4. The molecule has 0 aliphatic carbocycles. The summed E-state index contributed by atoms with van der Waals surface area (Å²) >= 11 is 3.55. The number of nitrogens with zero attached hydrogens (tertiary/aromatic N) is 1. The van der Waals surface area contributed by atoms with E-state index >= 15 is 0 Å². The number of allylic oxidation sites excluding steroid dienone is 2. The van der Waals surface area contributed by atoms with Gasteiger partial charge in [0, 0.05) is 24.9 Å². The van der Waals surface area contributed by atoms with Gasteiger partial charge in [0.15, 0.2) is 0 Å². The number of carbonyl (C=O) groups is 1. The summed E-state index contributed by atoms with van der Waals surface area (Å²) in [6.45, 7) is 1.39. The first-order valence-electron chi connectivity index (χ1n) is 9.34. The molecule has 2 aliphatic heterocycles. The number of hydrogen-bond acceptors (Lipinski definition) is 4. The monoisotopic (exact) mass is 439 g/mol. The molecule has 1 saturated heterocycles. The number of rotatable bonds is 6. The van der Waals surface area contributed by atoms with E-state index in [1.165, 1.54) is 0 Å². The van der Waals surface area contributed by atoms with Crippen LogP contribution < -0.4 is 10.7 Å².